The van der Waals surface area contributed by atoms with Gasteiger partial charge in [0.05, 0.1) is 0 Å². The summed E-state index contributed by atoms with van der Waals surface area (Å²) in [4.78, 5) is 14.4. The van der Waals surface area contributed by atoms with Gasteiger partial charge in [-0.05, 0) is 18.6 Å². The lowest BCUT2D eigenvalue weighted by molar-refractivity contribution is 0.554. The van der Waals surface area contributed by atoms with Crippen LogP contribution in [0.4, 0.5) is 14.6 Å². The highest BCUT2D eigenvalue weighted by Gasteiger charge is 2.19. The van der Waals surface area contributed by atoms with E-state index >= 15 is 0 Å². The number of aryl methyl sites for hydroxylation is 1. The number of fused-ring (bicyclic) bond motifs is 1. The van der Waals surface area contributed by atoms with Gasteiger partial charge in [0.2, 0.25) is 9.84 Å². The van der Waals surface area contributed by atoms with Crippen molar-refractivity contribution in [3.8, 4) is 0 Å². The number of benzene rings is 1. The Labute approximate surface area is 135 Å². The first kappa shape index (κ1) is 16.2. The smallest absolute Gasteiger partial charge is 0.250 e. The molecule has 7 nitrogen and oxygen atoms in total. The average Bonchev–Trinajstić information content (AvgIpc) is 2.90. The number of aromatic amines is 1. The summed E-state index contributed by atoms with van der Waals surface area (Å²) < 4.78 is 51.0. The van der Waals surface area contributed by atoms with Crippen molar-refractivity contribution in [1.82, 2.24) is 19.9 Å². The number of H-pyrrole nitrogens is 1. The van der Waals surface area contributed by atoms with Gasteiger partial charge in [-0.2, -0.15) is 9.97 Å². The molecule has 2 aromatic heterocycles. The molecule has 0 amide bonds. The van der Waals surface area contributed by atoms with Crippen LogP contribution in [0, 0.1) is 18.6 Å². The van der Waals surface area contributed by atoms with Crippen LogP contribution in [0.15, 0.2) is 17.3 Å². The summed E-state index contributed by atoms with van der Waals surface area (Å²) in [5, 5.41) is -0.449. The molecule has 3 aromatic rings. The number of imidazole rings is 1. The number of nitrogens with one attached hydrogen (secondary N) is 1. The molecule has 0 bridgehead atoms. The number of anilines is 1. The zero-order valence-corrected chi connectivity index (χ0v) is 13.6. The van der Waals surface area contributed by atoms with Gasteiger partial charge in [0.1, 0.15) is 23.0 Å². The molecule has 0 fully saturated rings. The van der Waals surface area contributed by atoms with Gasteiger partial charge in [0.25, 0.3) is 5.16 Å². The molecule has 0 spiro atoms. The molecule has 3 rings (SSSR count). The standard InChI is InChI=1S/C14H13F2N5O2S/c1-6-3-4-8(15)7(10(6)16)5-9-18-11-12(17)20-14(24(2,22)23)21-13(11)19-9/h3-4H,5H2,1-2H3,(H3,17,18,19,20,21). The zero-order valence-electron chi connectivity index (χ0n) is 12.8. The van der Waals surface area contributed by atoms with Crippen molar-refractivity contribution in [2.45, 2.75) is 18.5 Å². The molecule has 2 heterocycles. The molecule has 10 heteroatoms. The first-order valence-corrected chi connectivity index (χ1v) is 8.71. The van der Waals surface area contributed by atoms with Crippen molar-refractivity contribution in [2.75, 3.05) is 12.0 Å². The lowest BCUT2D eigenvalue weighted by Gasteiger charge is -2.05. The van der Waals surface area contributed by atoms with Gasteiger partial charge in [-0.25, -0.2) is 22.2 Å². The molecule has 3 N–H and O–H groups in total. The second kappa shape index (κ2) is 5.48. The second-order valence-corrected chi connectivity index (χ2v) is 7.29. The number of hydrogen-bond acceptors (Lipinski definition) is 6. The Kier molecular flexibility index (Phi) is 3.71. The fourth-order valence-corrected chi connectivity index (χ4v) is 2.76. The summed E-state index contributed by atoms with van der Waals surface area (Å²) in [5.74, 6) is -1.30. The minimum Gasteiger partial charge on any atom is -0.382 e. The Balaban J connectivity index is 2.10. The molecule has 0 radical (unpaired) electrons. The van der Waals surface area contributed by atoms with Crippen LogP contribution in [-0.2, 0) is 16.3 Å². The first-order valence-electron chi connectivity index (χ1n) is 6.82. The van der Waals surface area contributed by atoms with Crippen molar-refractivity contribution in [1.29, 1.82) is 0 Å². The van der Waals surface area contributed by atoms with E-state index in [-0.39, 0.29) is 34.8 Å². The van der Waals surface area contributed by atoms with E-state index < -0.39 is 26.6 Å². The van der Waals surface area contributed by atoms with Crippen molar-refractivity contribution in [3.05, 3.63) is 40.7 Å². The van der Waals surface area contributed by atoms with Crippen molar-refractivity contribution >= 4 is 26.8 Å². The van der Waals surface area contributed by atoms with Gasteiger partial charge in [-0.1, -0.05) is 6.07 Å². The van der Waals surface area contributed by atoms with Crippen LogP contribution in [-0.4, -0.2) is 34.6 Å². The average molecular weight is 353 g/mol. The Morgan fingerprint density at radius 3 is 2.58 bits per heavy atom. The summed E-state index contributed by atoms with van der Waals surface area (Å²) >= 11 is 0. The number of rotatable bonds is 3. The maximum absolute atomic E-state index is 14.1. The van der Waals surface area contributed by atoms with Crippen LogP contribution in [0.5, 0.6) is 0 Å². The molecule has 126 valence electrons. The lowest BCUT2D eigenvalue weighted by atomic mass is 10.1. The summed E-state index contributed by atoms with van der Waals surface area (Å²) in [5.41, 5.74) is 6.09. The van der Waals surface area contributed by atoms with Crippen molar-refractivity contribution < 1.29 is 17.2 Å². The van der Waals surface area contributed by atoms with E-state index in [1.165, 1.54) is 19.1 Å². The maximum Gasteiger partial charge on any atom is 0.250 e. The zero-order chi connectivity index (χ0) is 17.6. The third kappa shape index (κ3) is 2.80. The molecular formula is C14H13F2N5O2S. The van der Waals surface area contributed by atoms with E-state index in [2.05, 4.69) is 19.9 Å². The fraction of sp³-hybridized carbons (Fsp3) is 0.214. The van der Waals surface area contributed by atoms with Crippen LogP contribution in [0.2, 0.25) is 0 Å². The monoisotopic (exact) mass is 353 g/mol. The highest BCUT2D eigenvalue weighted by molar-refractivity contribution is 7.90. The number of sulfone groups is 1. The fourth-order valence-electron chi connectivity index (χ4n) is 2.24. The highest BCUT2D eigenvalue weighted by Crippen LogP contribution is 2.22. The molecule has 1 aromatic carbocycles. The van der Waals surface area contributed by atoms with E-state index in [0.29, 0.717) is 5.56 Å². The largest absolute Gasteiger partial charge is 0.382 e. The van der Waals surface area contributed by atoms with Gasteiger partial charge in [-0.3, -0.25) is 0 Å². The predicted octanol–water partition coefficient (Wildman–Crippen LogP) is 1.52. The Bertz CT molecular complexity index is 1060. The predicted molar refractivity (Wildman–Crippen MR) is 83.1 cm³/mol. The van der Waals surface area contributed by atoms with E-state index in [9.17, 15) is 17.2 Å². The van der Waals surface area contributed by atoms with Crippen molar-refractivity contribution in [3.63, 3.8) is 0 Å². The Hall–Kier alpha value is -2.62. The van der Waals surface area contributed by atoms with Crippen LogP contribution in [0.1, 0.15) is 17.0 Å². The minimum atomic E-state index is -3.66. The Morgan fingerprint density at radius 2 is 1.92 bits per heavy atom. The third-order valence-electron chi connectivity index (χ3n) is 3.45. The molecule has 0 unspecified atom stereocenters. The van der Waals surface area contributed by atoms with Crippen LogP contribution in [0.25, 0.3) is 11.2 Å². The second-order valence-electron chi connectivity index (χ2n) is 5.38. The van der Waals surface area contributed by atoms with Crippen LogP contribution in [0.3, 0.4) is 0 Å². The quantitative estimate of drug-likeness (QED) is 0.690. The molecule has 0 aliphatic rings. The number of nitrogens with two attached hydrogens (primary N) is 1. The van der Waals surface area contributed by atoms with Crippen LogP contribution >= 0.6 is 0 Å². The van der Waals surface area contributed by atoms with Gasteiger partial charge in [-0.15, -0.1) is 0 Å². The number of halogens is 2. The van der Waals surface area contributed by atoms with Gasteiger partial charge < -0.3 is 10.7 Å². The Morgan fingerprint density at radius 1 is 1.21 bits per heavy atom. The summed E-state index contributed by atoms with van der Waals surface area (Å²) in [6.07, 6.45) is 0.783. The SMILES string of the molecule is Cc1ccc(F)c(Cc2nc3c(N)nc(S(C)(=O)=O)nc3[nH]2)c1F. The van der Waals surface area contributed by atoms with Crippen molar-refractivity contribution in [2.24, 2.45) is 0 Å². The maximum atomic E-state index is 14.1. The topological polar surface area (TPSA) is 115 Å². The number of hydrogen-bond donors (Lipinski definition) is 2. The number of nitrogens with zero attached hydrogens (tertiary/aromatic N) is 3. The van der Waals surface area contributed by atoms with E-state index in [1.54, 1.807) is 0 Å². The summed E-state index contributed by atoms with van der Waals surface area (Å²) in [6.45, 7) is 1.53. The van der Waals surface area contributed by atoms with Gasteiger partial charge >= 0.3 is 0 Å². The van der Waals surface area contributed by atoms with E-state index in [4.69, 9.17) is 5.73 Å². The minimum absolute atomic E-state index is 0.0893. The normalized spacial score (nSPS) is 12.0. The van der Waals surface area contributed by atoms with E-state index in [0.717, 1.165) is 6.26 Å². The molecule has 0 saturated heterocycles. The van der Waals surface area contributed by atoms with Gasteiger partial charge in [0.15, 0.2) is 11.5 Å². The molecule has 0 saturated carbocycles. The number of nitrogen functional groups attached to an aromatic ring is 1. The van der Waals surface area contributed by atoms with Gasteiger partial charge in [0, 0.05) is 18.2 Å². The molecular weight excluding hydrogens is 340 g/mol. The van der Waals surface area contributed by atoms with Crippen LogP contribution < -0.4 is 5.73 Å². The highest BCUT2D eigenvalue weighted by atomic mass is 32.2. The summed E-state index contributed by atoms with van der Waals surface area (Å²) in [7, 11) is -3.66. The third-order valence-corrected chi connectivity index (χ3v) is 4.30. The number of aromatic nitrogens is 4. The molecule has 24 heavy (non-hydrogen) atoms. The first-order chi connectivity index (χ1) is 11.2. The molecule has 0 aliphatic heterocycles. The summed E-state index contributed by atoms with van der Waals surface area (Å²) in [6, 6.07) is 2.51. The van der Waals surface area contributed by atoms with E-state index in [1.807, 2.05) is 0 Å². The molecule has 0 aliphatic carbocycles. The lowest BCUT2D eigenvalue weighted by Crippen LogP contribution is -2.06. The molecule has 0 atom stereocenters.